The van der Waals surface area contributed by atoms with Crippen LogP contribution in [0, 0.1) is 6.92 Å². The monoisotopic (exact) mass is 400 g/mol. The molecule has 4 rings (SSSR count). The number of nitrogens with zero attached hydrogens (tertiary/aromatic N) is 6. The van der Waals surface area contributed by atoms with Gasteiger partial charge in [0.15, 0.2) is 5.16 Å². The summed E-state index contributed by atoms with van der Waals surface area (Å²) in [5, 5.41) is 0.739. The summed E-state index contributed by atoms with van der Waals surface area (Å²) in [6.45, 7) is 6.57. The second-order valence-corrected chi connectivity index (χ2v) is 8.06. The van der Waals surface area contributed by atoms with Crippen molar-refractivity contribution in [1.29, 1.82) is 0 Å². The molecule has 1 saturated heterocycles. The van der Waals surface area contributed by atoms with Gasteiger partial charge in [-0.15, -0.1) is 0 Å². The molecule has 1 amide bonds. The van der Waals surface area contributed by atoms with Crippen molar-refractivity contribution in [2.24, 2.45) is 0 Å². The fourth-order valence-electron chi connectivity index (χ4n) is 3.82. The Kier molecular flexibility index (Phi) is 5.34. The lowest BCUT2D eigenvalue weighted by atomic mass is 10.1. The molecule has 0 aliphatic carbocycles. The lowest BCUT2D eigenvalue weighted by Crippen LogP contribution is -2.49. The number of amides is 1. The highest BCUT2D eigenvalue weighted by Crippen LogP contribution is 2.33. The highest BCUT2D eigenvalue weighted by Gasteiger charge is 2.31. The number of fused-ring (bicyclic) bond motifs is 1. The summed E-state index contributed by atoms with van der Waals surface area (Å²) in [7, 11) is 0. The summed E-state index contributed by atoms with van der Waals surface area (Å²) in [6.07, 6.45) is 4.46. The first-order valence-corrected chi connectivity index (χ1v) is 10.6. The fraction of sp³-hybridized carbons (Fsp3) is 0.526. The van der Waals surface area contributed by atoms with Gasteiger partial charge < -0.3 is 9.80 Å². The van der Waals surface area contributed by atoms with Crippen molar-refractivity contribution in [1.82, 2.24) is 24.4 Å². The topological polar surface area (TPSA) is 84.2 Å². The Morgan fingerprint density at radius 1 is 1.21 bits per heavy atom. The Hall–Kier alpha value is -2.42. The second-order valence-electron chi connectivity index (χ2n) is 7.07. The van der Waals surface area contributed by atoms with Gasteiger partial charge in [0.05, 0.1) is 6.04 Å². The van der Waals surface area contributed by atoms with Crippen LogP contribution < -0.4 is 10.5 Å². The minimum absolute atomic E-state index is 0.0128. The first-order chi connectivity index (χ1) is 13.6. The molecule has 0 spiro atoms. The Labute approximate surface area is 168 Å². The van der Waals surface area contributed by atoms with Gasteiger partial charge in [-0.1, -0.05) is 18.7 Å². The van der Waals surface area contributed by atoms with E-state index < -0.39 is 0 Å². The minimum Gasteiger partial charge on any atom is -0.339 e. The zero-order valence-electron chi connectivity index (χ0n) is 16.2. The number of aromatic nitrogens is 4. The molecule has 9 heteroatoms. The van der Waals surface area contributed by atoms with Crippen molar-refractivity contribution in [2.45, 2.75) is 37.9 Å². The Morgan fingerprint density at radius 3 is 2.61 bits per heavy atom. The molecule has 28 heavy (non-hydrogen) atoms. The molecular formula is C19H24N6O2S. The van der Waals surface area contributed by atoms with Crippen molar-refractivity contribution in [3.05, 3.63) is 40.1 Å². The molecule has 0 bridgehead atoms. The zero-order chi connectivity index (χ0) is 19.7. The van der Waals surface area contributed by atoms with E-state index in [-0.39, 0.29) is 17.5 Å². The highest BCUT2D eigenvalue weighted by atomic mass is 32.2. The third kappa shape index (κ3) is 3.50. The van der Waals surface area contributed by atoms with Gasteiger partial charge in [-0.25, -0.2) is 15.0 Å². The van der Waals surface area contributed by atoms with Crippen LogP contribution in [0.15, 0.2) is 28.4 Å². The van der Waals surface area contributed by atoms with Crippen molar-refractivity contribution >= 4 is 23.6 Å². The third-order valence-corrected chi connectivity index (χ3v) is 6.48. The van der Waals surface area contributed by atoms with Crippen LogP contribution in [0.25, 0.3) is 0 Å². The molecule has 2 aliphatic rings. The van der Waals surface area contributed by atoms with Crippen molar-refractivity contribution in [2.75, 3.05) is 36.8 Å². The van der Waals surface area contributed by atoms with Crippen LogP contribution in [0.1, 0.15) is 30.6 Å². The third-order valence-electron chi connectivity index (χ3n) is 5.38. The Morgan fingerprint density at radius 2 is 1.93 bits per heavy atom. The Bertz CT molecular complexity index is 924. The number of aryl methyl sites for hydroxylation is 1. The number of thioether (sulfide) groups is 1. The maximum absolute atomic E-state index is 12.9. The smallest absolute Gasteiger partial charge is 0.257 e. The molecule has 1 atom stereocenters. The van der Waals surface area contributed by atoms with Gasteiger partial charge in [0.2, 0.25) is 11.9 Å². The van der Waals surface area contributed by atoms with Gasteiger partial charge in [-0.2, -0.15) is 0 Å². The Balaban J connectivity index is 1.42. The predicted molar refractivity (Wildman–Crippen MR) is 108 cm³/mol. The summed E-state index contributed by atoms with van der Waals surface area (Å²) in [4.78, 5) is 42.8. The van der Waals surface area contributed by atoms with E-state index >= 15 is 0 Å². The highest BCUT2D eigenvalue weighted by molar-refractivity contribution is 7.99. The maximum Gasteiger partial charge on any atom is 0.257 e. The van der Waals surface area contributed by atoms with Crippen LogP contribution in [0.2, 0.25) is 0 Å². The minimum atomic E-state index is -0.117. The van der Waals surface area contributed by atoms with E-state index in [4.69, 9.17) is 0 Å². The second kappa shape index (κ2) is 7.90. The van der Waals surface area contributed by atoms with E-state index in [0.29, 0.717) is 45.0 Å². The number of rotatable bonds is 4. The van der Waals surface area contributed by atoms with Crippen LogP contribution in [0.4, 0.5) is 5.95 Å². The van der Waals surface area contributed by atoms with Crippen molar-refractivity contribution < 1.29 is 4.79 Å². The number of carbonyl (C=O) groups excluding carboxylic acids is 1. The first-order valence-electron chi connectivity index (χ1n) is 9.63. The fourth-order valence-corrected chi connectivity index (χ4v) is 5.00. The number of hydrogen-bond acceptors (Lipinski definition) is 7. The van der Waals surface area contributed by atoms with E-state index in [1.54, 1.807) is 34.8 Å². The summed E-state index contributed by atoms with van der Waals surface area (Å²) < 4.78 is 1.74. The van der Waals surface area contributed by atoms with Gasteiger partial charge >= 0.3 is 0 Å². The van der Waals surface area contributed by atoms with E-state index in [2.05, 4.69) is 19.9 Å². The first kappa shape index (κ1) is 18.9. The average Bonchev–Trinajstić information content (AvgIpc) is 3.11. The molecule has 2 aromatic rings. The van der Waals surface area contributed by atoms with Gasteiger partial charge in [0.1, 0.15) is 0 Å². The molecule has 4 heterocycles. The summed E-state index contributed by atoms with van der Waals surface area (Å²) in [5.74, 6) is 1.52. The number of carbonyl (C=O) groups is 1. The van der Waals surface area contributed by atoms with Gasteiger partial charge in [0, 0.05) is 62.0 Å². The van der Waals surface area contributed by atoms with Crippen LogP contribution >= 0.6 is 11.8 Å². The van der Waals surface area contributed by atoms with E-state index in [9.17, 15) is 9.59 Å². The molecule has 1 unspecified atom stereocenters. The molecule has 0 radical (unpaired) electrons. The zero-order valence-corrected chi connectivity index (χ0v) is 17.0. The van der Waals surface area contributed by atoms with Crippen LogP contribution in [0.3, 0.4) is 0 Å². The molecule has 0 N–H and O–H groups in total. The standard InChI is InChI=1S/C19H24N6O2S/c1-3-15-13(2)22-19-25(17(15)27)14(12-28-19)11-16(26)23-7-9-24(10-8-23)18-20-5-4-6-21-18/h4-6,14H,3,7-12H2,1-2H3. The molecule has 8 nitrogen and oxygen atoms in total. The number of anilines is 1. The maximum atomic E-state index is 12.9. The van der Waals surface area contributed by atoms with Crippen molar-refractivity contribution in [3.63, 3.8) is 0 Å². The average molecular weight is 401 g/mol. The quantitative estimate of drug-likeness (QED) is 0.715. The summed E-state index contributed by atoms with van der Waals surface area (Å²) >= 11 is 1.57. The number of piperazine rings is 1. The van der Waals surface area contributed by atoms with Crippen LogP contribution in [-0.2, 0) is 11.2 Å². The largest absolute Gasteiger partial charge is 0.339 e. The molecule has 2 aromatic heterocycles. The molecule has 0 saturated carbocycles. The molecular weight excluding hydrogens is 376 g/mol. The molecule has 0 aromatic carbocycles. The normalized spacial score (nSPS) is 19.0. The lowest BCUT2D eigenvalue weighted by molar-refractivity contribution is -0.132. The SMILES string of the molecule is CCc1c(C)nc2n(c1=O)C(CC(=O)N1CCN(c3ncccn3)CC1)CS2. The van der Waals surface area contributed by atoms with E-state index in [1.807, 2.05) is 18.7 Å². The van der Waals surface area contributed by atoms with Crippen LogP contribution in [0.5, 0.6) is 0 Å². The predicted octanol–water partition coefficient (Wildman–Crippen LogP) is 1.29. The molecule has 1 fully saturated rings. The summed E-state index contributed by atoms with van der Waals surface area (Å²) in [5.41, 5.74) is 1.57. The van der Waals surface area contributed by atoms with E-state index in [1.165, 1.54) is 0 Å². The lowest BCUT2D eigenvalue weighted by Gasteiger charge is -2.35. The molecule has 2 aliphatic heterocycles. The van der Waals surface area contributed by atoms with Gasteiger partial charge in [-0.3, -0.25) is 14.2 Å². The van der Waals surface area contributed by atoms with Crippen LogP contribution in [-0.4, -0.2) is 62.3 Å². The van der Waals surface area contributed by atoms with E-state index in [0.717, 1.165) is 22.2 Å². The van der Waals surface area contributed by atoms with Gasteiger partial charge in [-0.05, 0) is 19.4 Å². The number of hydrogen-bond donors (Lipinski definition) is 0. The summed E-state index contributed by atoms with van der Waals surface area (Å²) in [6, 6.07) is 1.68. The van der Waals surface area contributed by atoms with Gasteiger partial charge in [0.25, 0.3) is 5.56 Å². The van der Waals surface area contributed by atoms with Crippen molar-refractivity contribution in [3.8, 4) is 0 Å². The molecule has 148 valence electrons.